The molecular formula is C14H23N3O2. The first kappa shape index (κ1) is 15.4. The average Bonchev–Trinajstić information content (AvgIpc) is 2.44. The van der Waals surface area contributed by atoms with Crippen molar-refractivity contribution < 1.29 is 9.53 Å². The fourth-order valence-electron chi connectivity index (χ4n) is 2.05. The number of amides is 1. The van der Waals surface area contributed by atoms with Gasteiger partial charge in [-0.2, -0.15) is 0 Å². The quantitative estimate of drug-likeness (QED) is 0.748. The fourth-order valence-corrected chi connectivity index (χ4v) is 2.05. The summed E-state index contributed by atoms with van der Waals surface area (Å²) in [7, 11) is 1.53. The summed E-state index contributed by atoms with van der Waals surface area (Å²) < 4.78 is 5.12. The lowest BCUT2D eigenvalue weighted by Gasteiger charge is -2.16. The predicted octanol–water partition coefficient (Wildman–Crippen LogP) is 1.59. The van der Waals surface area contributed by atoms with E-state index in [1.165, 1.54) is 7.11 Å². The lowest BCUT2D eigenvalue weighted by Crippen LogP contribution is -2.30. The normalized spacial score (nSPS) is 11.9. The summed E-state index contributed by atoms with van der Waals surface area (Å²) in [4.78, 5) is 16.0. The highest BCUT2D eigenvalue weighted by Crippen LogP contribution is 2.16. The zero-order valence-corrected chi connectivity index (χ0v) is 11.7. The number of rotatable bonds is 8. The van der Waals surface area contributed by atoms with Crippen LogP contribution in [0.3, 0.4) is 0 Å². The number of hydrogen-bond acceptors (Lipinski definition) is 4. The third-order valence-electron chi connectivity index (χ3n) is 3.07. The molecule has 0 radical (unpaired) electrons. The van der Waals surface area contributed by atoms with Gasteiger partial charge in [-0.25, -0.2) is 0 Å². The van der Waals surface area contributed by atoms with Crippen LogP contribution in [-0.2, 0) is 0 Å². The molecule has 1 rings (SSSR count). The number of methoxy groups -OCH3 is 1. The first-order valence-electron chi connectivity index (χ1n) is 6.69. The van der Waals surface area contributed by atoms with Crippen molar-refractivity contribution in [1.29, 1.82) is 0 Å². The second-order valence-electron chi connectivity index (χ2n) is 4.52. The van der Waals surface area contributed by atoms with Gasteiger partial charge in [0.25, 0.3) is 5.91 Å². The number of pyridine rings is 1. The van der Waals surface area contributed by atoms with E-state index in [0.717, 1.165) is 19.3 Å². The maximum Gasteiger partial charge on any atom is 0.255 e. The van der Waals surface area contributed by atoms with E-state index in [4.69, 9.17) is 10.5 Å². The largest absolute Gasteiger partial charge is 0.494 e. The Balaban J connectivity index is 2.58. The monoisotopic (exact) mass is 265 g/mol. The van der Waals surface area contributed by atoms with Crippen LogP contribution in [-0.4, -0.2) is 31.1 Å². The van der Waals surface area contributed by atoms with E-state index in [-0.39, 0.29) is 5.91 Å². The first-order chi connectivity index (χ1) is 9.22. The second-order valence-corrected chi connectivity index (χ2v) is 4.52. The molecule has 106 valence electrons. The van der Waals surface area contributed by atoms with E-state index in [1.807, 2.05) is 0 Å². The fraction of sp³-hybridized carbons (Fsp3) is 0.571. The van der Waals surface area contributed by atoms with Gasteiger partial charge in [-0.05, 0) is 31.4 Å². The minimum Gasteiger partial charge on any atom is -0.494 e. The van der Waals surface area contributed by atoms with Crippen LogP contribution in [0.4, 0.5) is 0 Å². The summed E-state index contributed by atoms with van der Waals surface area (Å²) in [5.74, 6) is 0.801. The second kappa shape index (κ2) is 8.48. The molecule has 0 aliphatic heterocycles. The molecule has 1 heterocycles. The molecule has 5 heteroatoms. The third kappa shape index (κ3) is 4.87. The van der Waals surface area contributed by atoms with Crippen LogP contribution in [0.2, 0.25) is 0 Å². The summed E-state index contributed by atoms with van der Waals surface area (Å²) in [6.45, 7) is 3.44. The molecule has 0 bridgehead atoms. The number of ether oxygens (including phenoxy) is 1. The third-order valence-corrected chi connectivity index (χ3v) is 3.07. The number of nitrogens with two attached hydrogens (primary N) is 1. The Morgan fingerprint density at radius 3 is 2.95 bits per heavy atom. The van der Waals surface area contributed by atoms with Crippen LogP contribution in [0.5, 0.6) is 5.75 Å². The zero-order valence-electron chi connectivity index (χ0n) is 11.7. The van der Waals surface area contributed by atoms with Crippen molar-refractivity contribution in [1.82, 2.24) is 10.3 Å². The molecule has 1 aromatic rings. The molecule has 0 aromatic carbocycles. The van der Waals surface area contributed by atoms with Crippen LogP contribution in [0.25, 0.3) is 0 Å². The predicted molar refractivity (Wildman–Crippen MR) is 75.2 cm³/mol. The summed E-state index contributed by atoms with van der Waals surface area (Å²) in [6, 6.07) is 1.66. The molecule has 19 heavy (non-hydrogen) atoms. The summed E-state index contributed by atoms with van der Waals surface area (Å²) in [5.41, 5.74) is 6.10. The van der Waals surface area contributed by atoms with Gasteiger partial charge < -0.3 is 15.8 Å². The van der Waals surface area contributed by atoms with Gasteiger partial charge in [0.2, 0.25) is 0 Å². The van der Waals surface area contributed by atoms with Crippen LogP contribution in [0, 0.1) is 5.92 Å². The van der Waals surface area contributed by atoms with Crippen molar-refractivity contribution in [3.05, 3.63) is 24.0 Å². The van der Waals surface area contributed by atoms with Gasteiger partial charge in [0, 0.05) is 12.7 Å². The summed E-state index contributed by atoms with van der Waals surface area (Å²) >= 11 is 0. The number of hydrogen-bond donors (Lipinski definition) is 2. The number of nitrogens with one attached hydrogen (secondary N) is 1. The van der Waals surface area contributed by atoms with Gasteiger partial charge in [-0.3, -0.25) is 9.78 Å². The lowest BCUT2D eigenvalue weighted by atomic mass is 10.00. The van der Waals surface area contributed by atoms with Gasteiger partial charge >= 0.3 is 0 Å². The lowest BCUT2D eigenvalue weighted by molar-refractivity contribution is 0.0942. The molecule has 0 saturated heterocycles. The minimum atomic E-state index is -0.127. The Morgan fingerprint density at radius 1 is 1.53 bits per heavy atom. The van der Waals surface area contributed by atoms with E-state index < -0.39 is 0 Å². The highest BCUT2D eigenvalue weighted by Gasteiger charge is 2.14. The Morgan fingerprint density at radius 2 is 2.32 bits per heavy atom. The van der Waals surface area contributed by atoms with Crippen LogP contribution >= 0.6 is 0 Å². The average molecular weight is 265 g/mol. The number of carbonyl (C=O) groups excluding carboxylic acids is 1. The van der Waals surface area contributed by atoms with E-state index >= 15 is 0 Å². The van der Waals surface area contributed by atoms with Crippen LogP contribution in [0.15, 0.2) is 18.5 Å². The number of nitrogens with zero attached hydrogens (tertiary/aromatic N) is 1. The number of carbonyl (C=O) groups is 1. The molecule has 0 saturated carbocycles. The van der Waals surface area contributed by atoms with Crippen molar-refractivity contribution in [2.24, 2.45) is 11.7 Å². The molecule has 0 aliphatic carbocycles. The van der Waals surface area contributed by atoms with Gasteiger partial charge in [-0.15, -0.1) is 0 Å². The highest BCUT2D eigenvalue weighted by molar-refractivity contribution is 5.96. The number of aromatic nitrogens is 1. The molecule has 1 amide bonds. The van der Waals surface area contributed by atoms with E-state index in [2.05, 4.69) is 17.2 Å². The Hall–Kier alpha value is -1.62. The van der Waals surface area contributed by atoms with Gasteiger partial charge in [0.05, 0.1) is 18.9 Å². The van der Waals surface area contributed by atoms with Crippen molar-refractivity contribution in [3.63, 3.8) is 0 Å². The molecule has 1 aromatic heterocycles. The van der Waals surface area contributed by atoms with Crippen molar-refractivity contribution >= 4 is 5.91 Å². The Kier molecular flexibility index (Phi) is 6.89. The van der Waals surface area contributed by atoms with E-state index in [9.17, 15) is 4.79 Å². The van der Waals surface area contributed by atoms with Crippen molar-refractivity contribution in [2.45, 2.75) is 26.2 Å². The maximum atomic E-state index is 12.1. The van der Waals surface area contributed by atoms with Crippen molar-refractivity contribution in [2.75, 3.05) is 20.2 Å². The van der Waals surface area contributed by atoms with Gasteiger partial charge in [-0.1, -0.05) is 13.3 Å². The Bertz CT molecular complexity index is 390. The van der Waals surface area contributed by atoms with Gasteiger partial charge in [0.1, 0.15) is 5.75 Å². The van der Waals surface area contributed by atoms with Crippen LogP contribution in [0.1, 0.15) is 36.5 Å². The Labute approximate surface area is 114 Å². The molecule has 5 nitrogen and oxygen atoms in total. The topological polar surface area (TPSA) is 77.2 Å². The smallest absolute Gasteiger partial charge is 0.255 e. The molecular weight excluding hydrogens is 242 g/mol. The van der Waals surface area contributed by atoms with E-state index in [1.54, 1.807) is 18.5 Å². The highest BCUT2D eigenvalue weighted by atomic mass is 16.5. The molecule has 0 fully saturated rings. The molecule has 1 unspecified atom stereocenters. The molecule has 0 spiro atoms. The molecule has 1 atom stereocenters. The SMILES string of the molecule is CCCC(CCN)CNC(=O)c1ccncc1OC. The van der Waals surface area contributed by atoms with Crippen molar-refractivity contribution in [3.8, 4) is 5.75 Å². The maximum absolute atomic E-state index is 12.1. The first-order valence-corrected chi connectivity index (χ1v) is 6.69. The molecule has 0 aliphatic rings. The van der Waals surface area contributed by atoms with E-state index in [0.29, 0.717) is 30.3 Å². The van der Waals surface area contributed by atoms with Crippen LogP contribution < -0.4 is 15.8 Å². The summed E-state index contributed by atoms with van der Waals surface area (Å²) in [6.07, 6.45) is 6.23. The summed E-state index contributed by atoms with van der Waals surface area (Å²) in [5, 5.41) is 2.94. The minimum absolute atomic E-state index is 0.127. The standard InChI is InChI=1S/C14H23N3O2/c1-3-4-11(5-7-15)9-17-14(18)12-6-8-16-10-13(12)19-2/h6,8,10-11H,3-5,7,9,15H2,1-2H3,(H,17,18). The van der Waals surface area contributed by atoms with Gasteiger partial charge in [0.15, 0.2) is 0 Å². The zero-order chi connectivity index (χ0) is 14.1. The molecule has 3 N–H and O–H groups in total.